The van der Waals surface area contributed by atoms with Crippen LogP contribution >= 0.6 is 15.9 Å². The molecule has 0 saturated heterocycles. The van der Waals surface area contributed by atoms with Gasteiger partial charge in [-0.3, -0.25) is 9.59 Å². The Morgan fingerprint density at radius 2 is 1.57 bits per heavy atom. The summed E-state index contributed by atoms with van der Waals surface area (Å²) in [5.74, 6) is -0.781. The maximum Gasteiger partial charge on any atom is 0.265 e. The van der Waals surface area contributed by atoms with Gasteiger partial charge in [0.1, 0.15) is 5.75 Å². The SMILES string of the molecule is O=C1c2cccc3c(Br)ccc(c23)C(=O)N1c1cccc(O)c1. The first-order valence-corrected chi connectivity index (χ1v) is 7.76. The summed E-state index contributed by atoms with van der Waals surface area (Å²) in [5, 5.41) is 11.1. The van der Waals surface area contributed by atoms with Crippen LogP contribution in [0.25, 0.3) is 10.8 Å². The fourth-order valence-electron chi connectivity index (χ4n) is 2.93. The molecule has 4 rings (SSSR count). The lowest BCUT2D eigenvalue weighted by molar-refractivity contribution is 0.0893. The normalized spacial score (nSPS) is 13.7. The number of carbonyl (C=O) groups excluding carboxylic acids is 2. The predicted molar refractivity (Wildman–Crippen MR) is 90.9 cm³/mol. The number of benzene rings is 3. The lowest BCUT2D eigenvalue weighted by Crippen LogP contribution is -2.40. The van der Waals surface area contributed by atoms with E-state index in [0.29, 0.717) is 22.2 Å². The molecule has 5 heteroatoms. The number of aromatic hydroxyl groups is 1. The molecule has 0 bridgehead atoms. The minimum atomic E-state index is -0.392. The van der Waals surface area contributed by atoms with Gasteiger partial charge in [0.15, 0.2) is 0 Å². The Labute approximate surface area is 140 Å². The molecule has 0 aliphatic carbocycles. The third kappa shape index (κ3) is 1.97. The maximum absolute atomic E-state index is 12.8. The monoisotopic (exact) mass is 367 g/mol. The summed E-state index contributed by atoms with van der Waals surface area (Å²) in [7, 11) is 0. The number of hydrogen-bond acceptors (Lipinski definition) is 3. The molecular weight excluding hydrogens is 358 g/mol. The Bertz CT molecular complexity index is 974. The van der Waals surface area contributed by atoms with Crippen LogP contribution in [0.5, 0.6) is 5.75 Å². The summed E-state index contributed by atoms with van der Waals surface area (Å²) in [4.78, 5) is 26.8. The summed E-state index contributed by atoms with van der Waals surface area (Å²) in [6.07, 6.45) is 0. The molecule has 1 heterocycles. The highest BCUT2D eigenvalue weighted by Gasteiger charge is 2.34. The van der Waals surface area contributed by atoms with Crippen LogP contribution in [0.1, 0.15) is 20.7 Å². The Morgan fingerprint density at radius 1 is 0.870 bits per heavy atom. The number of rotatable bonds is 1. The molecule has 1 N–H and O–H groups in total. The number of phenols is 1. The predicted octanol–water partition coefficient (Wildman–Crippen LogP) is 4.11. The van der Waals surface area contributed by atoms with Crippen molar-refractivity contribution in [3.05, 3.63) is 70.2 Å². The van der Waals surface area contributed by atoms with E-state index in [9.17, 15) is 14.7 Å². The number of phenolic OH excluding ortho intramolecular Hbond substituents is 1. The number of imide groups is 1. The van der Waals surface area contributed by atoms with Gasteiger partial charge in [-0.15, -0.1) is 0 Å². The fraction of sp³-hybridized carbons (Fsp3) is 0. The summed E-state index contributed by atoms with van der Waals surface area (Å²) >= 11 is 3.46. The number of nitrogens with zero attached hydrogens (tertiary/aromatic N) is 1. The number of carbonyl (C=O) groups is 2. The van der Waals surface area contributed by atoms with Gasteiger partial charge < -0.3 is 5.11 Å². The van der Waals surface area contributed by atoms with E-state index in [1.165, 1.54) is 12.1 Å². The van der Waals surface area contributed by atoms with Crippen LogP contribution in [0.15, 0.2) is 59.1 Å². The van der Waals surface area contributed by atoms with Gasteiger partial charge in [0.25, 0.3) is 11.8 Å². The van der Waals surface area contributed by atoms with Gasteiger partial charge in [-0.2, -0.15) is 0 Å². The van der Waals surface area contributed by atoms with Gasteiger partial charge in [0.05, 0.1) is 5.69 Å². The number of anilines is 1. The van der Waals surface area contributed by atoms with Crippen molar-refractivity contribution >= 4 is 44.2 Å². The third-order valence-electron chi connectivity index (χ3n) is 3.94. The highest BCUT2D eigenvalue weighted by molar-refractivity contribution is 9.10. The lowest BCUT2D eigenvalue weighted by Gasteiger charge is -2.27. The zero-order valence-electron chi connectivity index (χ0n) is 11.8. The molecule has 0 aromatic heterocycles. The largest absolute Gasteiger partial charge is 0.508 e. The number of halogens is 1. The molecule has 0 fully saturated rings. The van der Waals surface area contributed by atoms with E-state index in [1.54, 1.807) is 36.4 Å². The van der Waals surface area contributed by atoms with Crippen molar-refractivity contribution in [3.8, 4) is 5.75 Å². The van der Waals surface area contributed by atoms with E-state index >= 15 is 0 Å². The highest BCUT2D eigenvalue weighted by atomic mass is 79.9. The molecule has 0 unspecified atom stereocenters. The zero-order valence-corrected chi connectivity index (χ0v) is 13.4. The van der Waals surface area contributed by atoms with E-state index < -0.39 is 11.8 Å². The van der Waals surface area contributed by atoms with Crippen molar-refractivity contribution in [2.24, 2.45) is 0 Å². The highest BCUT2D eigenvalue weighted by Crippen LogP contribution is 2.36. The Morgan fingerprint density at radius 3 is 2.30 bits per heavy atom. The van der Waals surface area contributed by atoms with Crippen LogP contribution in [-0.2, 0) is 0 Å². The molecule has 4 nitrogen and oxygen atoms in total. The Balaban J connectivity index is 2.01. The van der Waals surface area contributed by atoms with Crippen molar-refractivity contribution in [2.75, 3.05) is 4.90 Å². The van der Waals surface area contributed by atoms with E-state index in [0.717, 1.165) is 14.8 Å². The molecule has 0 radical (unpaired) electrons. The molecule has 3 aromatic carbocycles. The molecule has 1 aliphatic heterocycles. The summed E-state index contributed by atoms with van der Waals surface area (Å²) in [5.41, 5.74) is 1.30. The Kier molecular flexibility index (Phi) is 2.99. The first-order chi connectivity index (χ1) is 11.1. The van der Waals surface area contributed by atoms with E-state index in [1.807, 2.05) is 6.07 Å². The second kappa shape index (κ2) is 4.93. The van der Waals surface area contributed by atoms with Crippen LogP contribution in [0.4, 0.5) is 5.69 Å². The van der Waals surface area contributed by atoms with Crippen molar-refractivity contribution in [1.82, 2.24) is 0 Å². The third-order valence-corrected chi connectivity index (χ3v) is 4.63. The summed E-state index contributed by atoms with van der Waals surface area (Å²) in [6.45, 7) is 0. The van der Waals surface area contributed by atoms with E-state index in [4.69, 9.17) is 0 Å². The first kappa shape index (κ1) is 14.0. The molecular formula is C18H10BrNO3. The maximum atomic E-state index is 12.8. The van der Waals surface area contributed by atoms with Gasteiger partial charge in [-0.25, -0.2) is 4.90 Å². The quantitative estimate of drug-likeness (QED) is 0.658. The van der Waals surface area contributed by atoms with E-state index in [-0.39, 0.29) is 5.75 Å². The van der Waals surface area contributed by atoms with E-state index in [2.05, 4.69) is 15.9 Å². The molecule has 3 aromatic rings. The molecule has 112 valence electrons. The molecule has 23 heavy (non-hydrogen) atoms. The van der Waals surface area contributed by atoms with Gasteiger partial charge in [0, 0.05) is 27.1 Å². The van der Waals surface area contributed by atoms with Crippen molar-refractivity contribution < 1.29 is 14.7 Å². The van der Waals surface area contributed by atoms with Gasteiger partial charge in [-0.05, 0) is 35.7 Å². The molecule has 2 amide bonds. The van der Waals surface area contributed by atoms with Crippen LogP contribution in [-0.4, -0.2) is 16.9 Å². The lowest BCUT2D eigenvalue weighted by atomic mass is 9.94. The molecule has 0 saturated carbocycles. The molecule has 0 atom stereocenters. The van der Waals surface area contributed by atoms with Crippen LogP contribution in [0.2, 0.25) is 0 Å². The number of amides is 2. The first-order valence-electron chi connectivity index (χ1n) is 6.97. The van der Waals surface area contributed by atoms with Crippen LogP contribution in [0, 0.1) is 0 Å². The second-order valence-electron chi connectivity index (χ2n) is 5.29. The molecule has 0 spiro atoms. The topological polar surface area (TPSA) is 57.6 Å². The van der Waals surface area contributed by atoms with Gasteiger partial charge >= 0.3 is 0 Å². The zero-order chi connectivity index (χ0) is 16.1. The minimum Gasteiger partial charge on any atom is -0.508 e. The van der Waals surface area contributed by atoms with Crippen molar-refractivity contribution in [2.45, 2.75) is 0 Å². The summed E-state index contributed by atoms with van der Waals surface area (Å²) in [6, 6.07) is 15.0. The standard InChI is InChI=1S/C18H10BrNO3/c19-15-8-7-14-16-12(15)5-2-6-13(16)17(22)20(18(14)23)10-3-1-4-11(21)9-10/h1-9,21H. The van der Waals surface area contributed by atoms with Gasteiger partial charge in [-0.1, -0.05) is 34.1 Å². The minimum absolute atomic E-state index is 0.00270. The summed E-state index contributed by atoms with van der Waals surface area (Å²) < 4.78 is 0.838. The fourth-order valence-corrected chi connectivity index (χ4v) is 3.39. The average molecular weight is 368 g/mol. The van der Waals surface area contributed by atoms with Crippen molar-refractivity contribution in [3.63, 3.8) is 0 Å². The second-order valence-corrected chi connectivity index (χ2v) is 6.14. The average Bonchev–Trinajstić information content (AvgIpc) is 2.54. The van der Waals surface area contributed by atoms with Gasteiger partial charge in [0.2, 0.25) is 0 Å². The molecule has 1 aliphatic rings. The van der Waals surface area contributed by atoms with Crippen molar-refractivity contribution in [1.29, 1.82) is 0 Å². The van der Waals surface area contributed by atoms with Crippen LogP contribution in [0.3, 0.4) is 0 Å². The smallest absolute Gasteiger partial charge is 0.265 e. The number of hydrogen-bond donors (Lipinski definition) is 1. The van der Waals surface area contributed by atoms with Crippen LogP contribution < -0.4 is 4.90 Å². The Hall–Kier alpha value is -2.66.